The van der Waals surface area contributed by atoms with Crippen LogP contribution in [0, 0.1) is 0 Å². The number of thiazole rings is 1. The molecule has 0 saturated heterocycles. The molecule has 0 atom stereocenters. The Hall–Kier alpha value is -1.39. The van der Waals surface area contributed by atoms with E-state index >= 15 is 0 Å². The molecule has 2 aromatic rings. The second-order valence-corrected chi connectivity index (χ2v) is 7.20. The maximum atomic E-state index is 12.4. The zero-order valence-corrected chi connectivity index (χ0v) is 14.1. The summed E-state index contributed by atoms with van der Waals surface area (Å²) in [5.74, 6) is 0.485. The van der Waals surface area contributed by atoms with E-state index in [4.69, 9.17) is 16.3 Å². The number of methoxy groups -OCH3 is 1. The van der Waals surface area contributed by atoms with Crippen LogP contribution in [0.15, 0.2) is 23.6 Å². The molecule has 2 rings (SSSR count). The number of hydrogen-bond acceptors (Lipinski definition) is 4. The van der Waals surface area contributed by atoms with E-state index in [9.17, 15) is 4.79 Å². The summed E-state index contributed by atoms with van der Waals surface area (Å²) in [6.07, 6.45) is 0.277. The van der Waals surface area contributed by atoms with Crippen molar-refractivity contribution in [1.82, 2.24) is 4.98 Å². The number of ether oxygens (including phenoxy) is 1. The van der Waals surface area contributed by atoms with Crippen molar-refractivity contribution in [2.24, 2.45) is 0 Å². The van der Waals surface area contributed by atoms with Crippen LogP contribution in [0.25, 0.3) is 0 Å². The molecule has 0 radical (unpaired) electrons. The molecule has 112 valence electrons. The van der Waals surface area contributed by atoms with Gasteiger partial charge in [0.05, 0.1) is 24.8 Å². The van der Waals surface area contributed by atoms with Crippen molar-refractivity contribution < 1.29 is 9.53 Å². The lowest BCUT2D eigenvalue weighted by Gasteiger charge is -2.14. The highest BCUT2D eigenvalue weighted by atomic mass is 35.5. The van der Waals surface area contributed by atoms with Gasteiger partial charge in [-0.25, -0.2) is 4.98 Å². The molecule has 0 aliphatic heterocycles. The number of Topliss-reactive ketones (excluding diaryl/α,β-unsaturated/α-hetero) is 1. The third kappa shape index (κ3) is 3.83. The Morgan fingerprint density at radius 3 is 2.67 bits per heavy atom. The van der Waals surface area contributed by atoms with E-state index in [1.165, 1.54) is 18.4 Å². The van der Waals surface area contributed by atoms with Gasteiger partial charge in [-0.05, 0) is 18.2 Å². The first-order valence-corrected chi connectivity index (χ1v) is 7.88. The molecule has 5 heteroatoms. The first kappa shape index (κ1) is 16.0. The number of aromatic nitrogens is 1. The van der Waals surface area contributed by atoms with Gasteiger partial charge >= 0.3 is 0 Å². The van der Waals surface area contributed by atoms with Gasteiger partial charge in [0.15, 0.2) is 5.78 Å². The Morgan fingerprint density at radius 2 is 2.10 bits per heavy atom. The minimum absolute atomic E-state index is 0.00421. The average Bonchev–Trinajstić information content (AvgIpc) is 2.86. The normalized spacial score (nSPS) is 11.5. The molecule has 1 aromatic carbocycles. The number of ketones is 1. The summed E-state index contributed by atoms with van der Waals surface area (Å²) in [7, 11) is 1.53. The molecular formula is C16H18ClNO2S. The van der Waals surface area contributed by atoms with Gasteiger partial charge in [0.2, 0.25) is 0 Å². The standard InChI is InChI=1S/C16H18ClNO2S/c1-16(2,3)14-9-21-15(18-14)8-12(19)11-6-5-10(17)7-13(11)20-4/h5-7,9H,8H2,1-4H3. The number of halogens is 1. The molecule has 0 spiro atoms. The maximum Gasteiger partial charge on any atom is 0.173 e. The lowest BCUT2D eigenvalue weighted by atomic mass is 9.93. The zero-order valence-electron chi connectivity index (χ0n) is 12.6. The molecule has 0 aliphatic carbocycles. The average molecular weight is 324 g/mol. The van der Waals surface area contributed by atoms with Crippen molar-refractivity contribution in [3.05, 3.63) is 44.9 Å². The predicted octanol–water partition coefficient (Wildman–Crippen LogP) is 4.53. The van der Waals surface area contributed by atoms with Crippen LogP contribution in [0.3, 0.4) is 0 Å². The van der Waals surface area contributed by atoms with Gasteiger partial charge in [-0.3, -0.25) is 4.79 Å². The Bertz CT molecular complexity index is 659. The predicted molar refractivity (Wildman–Crippen MR) is 86.9 cm³/mol. The van der Waals surface area contributed by atoms with Gasteiger partial charge in [-0.2, -0.15) is 0 Å². The Morgan fingerprint density at radius 1 is 1.38 bits per heavy atom. The van der Waals surface area contributed by atoms with Crippen molar-refractivity contribution >= 4 is 28.7 Å². The molecule has 1 heterocycles. The second kappa shape index (κ2) is 6.16. The summed E-state index contributed by atoms with van der Waals surface area (Å²) in [6.45, 7) is 6.32. The molecule has 0 bridgehead atoms. The lowest BCUT2D eigenvalue weighted by Crippen LogP contribution is -2.12. The molecule has 0 aliphatic rings. The van der Waals surface area contributed by atoms with Gasteiger partial charge in [0.1, 0.15) is 10.8 Å². The van der Waals surface area contributed by atoms with Crippen molar-refractivity contribution in [2.75, 3.05) is 7.11 Å². The van der Waals surface area contributed by atoms with Crippen LogP contribution >= 0.6 is 22.9 Å². The number of carbonyl (C=O) groups excluding carboxylic acids is 1. The summed E-state index contributed by atoms with van der Waals surface area (Å²) in [5, 5.41) is 3.39. The van der Waals surface area contributed by atoms with Gasteiger partial charge in [0.25, 0.3) is 0 Å². The van der Waals surface area contributed by atoms with Gasteiger partial charge in [0, 0.05) is 15.8 Å². The highest BCUT2D eigenvalue weighted by molar-refractivity contribution is 7.09. The fourth-order valence-electron chi connectivity index (χ4n) is 1.86. The van der Waals surface area contributed by atoms with E-state index < -0.39 is 0 Å². The monoisotopic (exact) mass is 323 g/mol. The molecule has 21 heavy (non-hydrogen) atoms. The molecule has 0 unspecified atom stereocenters. The van der Waals surface area contributed by atoms with E-state index in [0.717, 1.165) is 10.7 Å². The Kier molecular flexibility index (Phi) is 4.69. The van der Waals surface area contributed by atoms with Crippen molar-refractivity contribution in [3.63, 3.8) is 0 Å². The van der Waals surface area contributed by atoms with Crippen molar-refractivity contribution in [1.29, 1.82) is 0 Å². The first-order chi connectivity index (χ1) is 9.81. The third-order valence-corrected chi connectivity index (χ3v) is 4.18. The van der Waals surface area contributed by atoms with E-state index in [1.54, 1.807) is 18.2 Å². The van der Waals surface area contributed by atoms with Gasteiger partial charge < -0.3 is 4.74 Å². The summed E-state index contributed by atoms with van der Waals surface area (Å²) in [6, 6.07) is 5.04. The smallest absolute Gasteiger partial charge is 0.173 e. The number of carbonyl (C=O) groups is 1. The quantitative estimate of drug-likeness (QED) is 0.776. The SMILES string of the molecule is COc1cc(Cl)ccc1C(=O)Cc1nc(C(C)(C)C)cs1. The first-order valence-electron chi connectivity index (χ1n) is 6.63. The van der Waals surface area contributed by atoms with Crippen LogP contribution in [0.1, 0.15) is 41.8 Å². The van der Waals surface area contributed by atoms with Gasteiger partial charge in [-0.15, -0.1) is 11.3 Å². The topological polar surface area (TPSA) is 39.2 Å². The van der Waals surface area contributed by atoms with Crippen LogP contribution in [0.5, 0.6) is 5.75 Å². The maximum absolute atomic E-state index is 12.4. The molecule has 0 N–H and O–H groups in total. The van der Waals surface area contributed by atoms with Crippen LogP contribution in [-0.4, -0.2) is 17.9 Å². The van der Waals surface area contributed by atoms with Crippen molar-refractivity contribution in [2.45, 2.75) is 32.6 Å². The Labute approximate surface area is 133 Å². The number of benzene rings is 1. The van der Waals surface area contributed by atoms with Crippen LogP contribution in [0.4, 0.5) is 0 Å². The summed E-state index contributed by atoms with van der Waals surface area (Å²) < 4.78 is 5.22. The molecule has 0 fully saturated rings. The van der Waals surface area contributed by atoms with E-state index in [0.29, 0.717) is 16.3 Å². The number of nitrogens with zero attached hydrogens (tertiary/aromatic N) is 1. The fraction of sp³-hybridized carbons (Fsp3) is 0.375. The minimum atomic E-state index is -0.0154. The van der Waals surface area contributed by atoms with E-state index in [1.807, 2.05) is 5.38 Å². The minimum Gasteiger partial charge on any atom is -0.496 e. The van der Waals surface area contributed by atoms with E-state index in [2.05, 4.69) is 25.8 Å². The summed E-state index contributed by atoms with van der Waals surface area (Å²) in [5.41, 5.74) is 1.54. The largest absolute Gasteiger partial charge is 0.496 e. The van der Waals surface area contributed by atoms with Crippen LogP contribution in [0.2, 0.25) is 5.02 Å². The van der Waals surface area contributed by atoms with Crippen molar-refractivity contribution in [3.8, 4) is 5.75 Å². The van der Waals surface area contributed by atoms with Crippen LogP contribution < -0.4 is 4.74 Å². The molecule has 0 amide bonds. The molecule has 3 nitrogen and oxygen atoms in total. The number of hydrogen-bond donors (Lipinski definition) is 0. The molecular weight excluding hydrogens is 306 g/mol. The van der Waals surface area contributed by atoms with Crippen LogP contribution in [-0.2, 0) is 11.8 Å². The highest BCUT2D eigenvalue weighted by Crippen LogP contribution is 2.27. The van der Waals surface area contributed by atoms with E-state index in [-0.39, 0.29) is 17.6 Å². The highest BCUT2D eigenvalue weighted by Gasteiger charge is 2.20. The summed E-state index contributed by atoms with van der Waals surface area (Å²) in [4.78, 5) is 17.0. The fourth-order valence-corrected chi connectivity index (χ4v) is 3.05. The van der Waals surface area contributed by atoms with Gasteiger partial charge in [-0.1, -0.05) is 32.4 Å². The lowest BCUT2D eigenvalue weighted by molar-refractivity contribution is 0.0990. The molecule has 0 saturated carbocycles. The third-order valence-electron chi connectivity index (χ3n) is 3.10. The number of rotatable bonds is 4. The zero-order chi connectivity index (χ0) is 15.6. The summed E-state index contributed by atoms with van der Waals surface area (Å²) >= 11 is 7.43. The molecule has 1 aromatic heterocycles. The Balaban J connectivity index is 2.20. The second-order valence-electron chi connectivity index (χ2n) is 5.82.